The van der Waals surface area contributed by atoms with Crippen LogP contribution in [0.2, 0.25) is 0 Å². The van der Waals surface area contributed by atoms with Gasteiger partial charge in [0.15, 0.2) is 0 Å². The molecule has 0 N–H and O–H groups in total. The van der Waals surface area contributed by atoms with Crippen molar-refractivity contribution in [2.75, 3.05) is 20.1 Å². The fraction of sp³-hybridized carbons (Fsp3) is 0.625. The van der Waals surface area contributed by atoms with Crippen LogP contribution in [0.5, 0.6) is 0 Å². The van der Waals surface area contributed by atoms with Crippen LogP contribution >= 0.6 is 0 Å². The van der Waals surface area contributed by atoms with Crippen LogP contribution in [0.1, 0.15) is 13.3 Å². The van der Waals surface area contributed by atoms with E-state index in [1.54, 1.807) is 0 Å². The lowest BCUT2D eigenvalue weighted by Crippen LogP contribution is -2.18. The van der Waals surface area contributed by atoms with Crippen LogP contribution in [0, 0.1) is 11.3 Å². The summed E-state index contributed by atoms with van der Waals surface area (Å²) in [4.78, 5) is 2.11. The summed E-state index contributed by atoms with van der Waals surface area (Å²) in [6, 6.07) is 2.11. The molecule has 0 aromatic heterocycles. The molecule has 0 fully saturated rings. The molecule has 0 spiro atoms. The maximum atomic E-state index is 8.25. The highest BCUT2D eigenvalue weighted by atomic mass is 15.1. The summed E-state index contributed by atoms with van der Waals surface area (Å²) in [5.41, 5.74) is 0. The minimum Gasteiger partial charge on any atom is -0.302 e. The summed E-state index contributed by atoms with van der Waals surface area (Å²) in [6.45, 7) is 3.80. The molecular formula is C8H14N2. The van der Waals surface area contributed by atoms with E-state index in [-0.39, 0.29) is 0 Å². The molecular weight excluding hydrogens is 124 g/mol. The molecule has 0 radical (unpaired) electrons. The normalized spacial score (nSPS) is 10.6. The molecule has 2 heteroatoms. The smallest absolute Gasteiger partial charge is 0.0635 e. The molecule has 0 aromatic carbocycles. The summed E-state index contributed by atoms with van der Waals surface area (Å²) in [7, 11) is 2.01. The number of nitriles is 1. The van der Waals surface area contributed by atoms with Crippen molar-refractivity contribution < 1.29 is 0 Å². The average Bonchev–Trinajstić information content (AvgIpc) is 1.97. The first-order valence-corrected chi connectivity index (χ1v) is 3.48. The number of nitrogens with zero attached hydrogens (tertiary/aromatic N) is 2. The maximum Gasteiger partial charge on any atom is 0.0635 e. The van der Waals surface area contributed by atoms with Crippen molar-refractivity contribution >= 4 is 0 Å². The molecule has 0 rings (SSSR count). The van der Waals surface area contributed by atoms with Crippen LogP contribution < -0.4 is 0 Å². The number of likely N-dealkylation sites (N-methyl/N-ethyl adjacent to an activating group) is 1. The average molecular weight is 138 g/mol. The molecule has 0 aliphatic carbocycles. The molecule has 0 saturated carbocycles. The van der Waals surface area contributed by atoms with Crippen molar-refractivity contribution in [3.05, 3.63) is 12.2 Å². The lowest BCUT2D eigenvalue weighted by atomic mass is 10.4. The summed E-state index contributed by atoms with van der Waals surface area (Å²) in [5.74, 6) is 0. The van der Waals surface area contributed by atoms with E-state index in [0.29, 0.717) is 6.42 Å². The van der Waals surface area contributed by atoms with Crippen molar-refractivity contribution in [2.24, 2.45) is 0 Å². The van der Waals surface area contributed by atoms with E-state index in [0.717, 1.165) is 13.1 Å². The van der Waals surface area contributed by atoms with Gasteiger partial charge in [0.25, 0.3) is 0 Å². The first-order valence-electron chi connectivity index (χ1n) is 3.48. The zero-order valence-corrected chi connectivity index (χ0v) is 6.67. The van der Waals surface area contributed by atoms with Gasteiger partial charge in [0.05, 0.1) is 6.07 Å². The van der Waals surface area contributed by atoms with Crippen molar-refractivity contribution in [2.45, 2.75) is 13.3 Å². The lowest BCUT2D eigenvalue weighted by molar-refractivity contribution is 0.379. The maximum absolute atomic E-state index is 8.25. The predicted molar refractivity (Wildman–Crippen MR) is 42.5 cm³/mol. The third kappa shape index (κ3) is 5.33. The Bertz CT molecular complexity index is 133. The van der Waals surface area contributed by atoms with E-state index >= 15 is 0 Å². The van der Waals surface area contributed by atoms with Crippen LogP contribution in [0.15, 0.2) is 12.2 Å². The Morgan fingerprint density at radius 3 is 2.80 bits per heavy atom. The summed E-state index contributed by atoms with van der Waals surface area (Å²) in [5, 5.41) is 8.25. The molecule has 0 amide bonds. The van der Waals surface area contributed by atoms with Gasteiger partial charge < -0.3 is 4.90 Å². The summed E-state index contributed by atoms with van der Waals surface area (Å²) < 4.78 is 0. The van der Waals surface area contributed by atoms with Gasteiger partial charge in [0.1, 0.15) is 0 Å². The van der Waals surface area contributed by atoms with Gasteiger partial charge >= 0.3 is 0 Å². The highest BCUT2D eigenvalue weighted by Crippen LogP contribution is 1.85. The predicted octanol–water partition coefficient (Wildman–Crippen LogP) is 1.41. The fourth-order valence-electron chi connectivity index (χ4n) is 0.618. The van der Waals surface area contributed by atoms with Gasteiger partial charge in [-0.3, -0.25) is 0 Å². The van der Waals surface area contributed by atoms with Gasteiger partial charge in [-0.25, -0.2) is 0 Å². The highest BCUT2D eigenvalue weighted by molar-refractivity contribution is 4.81. The Hall–Kier alpha value is -0.810. The summed E-state index contributed by atoms with van der Waals surface area (Å²) in [6.07, 6.45) is 4.72. The van der Waals surface area contributed by atoms with Crippen molar-refractivity contribution in [3.8, 4) is 6.07 Å². The molecule has 0 aromatic rings. The Kier molecular flexibility index (Phi) is 5.80. The monoisotopic (exact) mass is 138 g/mol. The molecule has 0 saturated heterocycles. The number of allylic oxidation sites excluding steroid dienone is 1. The number of hydrogen-bond donors (Lipinski definition) is 0. The third-order valence-electron chi connectivity index (χ3n) is 1.26. The standard InChI is InChI=1S/C8H14N2/c1-3-4-7-10(2)8-5-6-9/h3-4H,5,7-8H2,1-2H3/b4-3+. The SMILES string of the molecule is C/C=C/CN(C)CCC#N. The van der Waals surface area contributed by atoms with Crippen LogP contribution in [-0.2, 0) is 0 Å². The molecule has 0 heterocycles. The minimum atomic E-state index is 0.619. The topological polar surface area (TPSA) is 27.0 Å². The molecule has 0 atom stereocenters. The van der Waals surface area contributed by atoms with Crippen LogP contribution in [0.4, 0.5) is 0 Å². The Morgan fingerprint density at radius 1 is 1.60 bits per heavy atom. The van der Waals surface area contributed by atoms with Crippen molar-refractivity contribution in [1.29, 1.82) is 5.26 Å². The first-order chi connectivity index (χ1) is 4.81. The quantitative estimate of drug-likeness (QED) is 0.549. The van der Waals surface area contributed by atoms with Gasteiger partial charge in [-0.2, -0.15) is 5.26 Å². The molecule has 0 aliphatic heterocycles. The molecule has 0 bridgehead atoms. The minimum absolute atomic E-state index is 0.619. The zero-order chi connectivity index (χ0) is 7.82. The van der Waals surface area contributed by atoms with E-state index < -0.39 is 0 Å². The summed E-state index contributed by atoms with van der Waals surface area (Å²) >= 11 is 0. The second-order valence-corrected chi connectivity index (χ2v) is 2.24. The second-order valence-electron chi connectivity index (χ2n) is 2.24. The highest BCUT2D eigenvalue weighted by Gasteiger charge is 1.91. The molecule has 56 valence electrons. The Morgan fingerprint density at radius 2 is 2.30 bits per heavy atom. The lowest BCUT2D eigenvalue weighted by Gasteiger charge is -2.10. The van der Waals surface area contributed by atoms with E-state index in [1.165, 1.54) is 0 Å². The first kappa shape index (κ1) is 9.19. The zero-order valence-electron chi connectivity index (χ0n) is 6.67. The van der Waals surface area contributed by atoms with Crippen LogP contribution in [-0.4, -0.2) is 25.0 Å². The van der Waals surface area contributed by atoms with Crippen molar-refractivity contribution in [3.63, 3.8) is 0 Å². The van der Waals surface area contributed by atoms with Gasteiger partial charge in [-0.1, -0.05) is 12.2 Å². The fourth-order valence-corrected chi connectivity index (χ4v) is 0.618. The van der Waals surface area contributed by atoms with E-state index in [1.807, 2.05) is 20.0 Å². The molecule has 10 heavy (non-hydrogen) atoms. The molecule has 0 unspecified atom stereocenters. The van der Waals surface area contributed by atoms with Gasteiger partial charge in [-0.15, -0.1) is 0 Å². The van der Waals surface area contributed by atoms with Crippen LogP contribution in [0.3, 0.4) is 0 Å². The van der Waals surface area contributed by atoms with Gasteiger partial charge in [-0.05, 0) is 14.0 Å². The number of rotatable bonds is 4. The van der Waals surface area contributed by atoms with Crippen molar-refractivity contribution in [1.82, 2.24) is 4.90 Å². The Balaban J connectivity index is 3.26. The molecule has 2 nitrogen and oxygen atoms in total. The van der Waals surface area contributed by atoms with Gasteiger partial charge in [0, 0.05) is 19.5 Å². The van der Waals surface area contributed by atoms with E-state index in [9.17, 15) is 0 Å². The second kappa shape index (κ2) is 6.31. The van der Waals surface area contributed by atoms with Crippen LogP contribution in [0.25, 0.3) is 0 Å². The van der Waals surface area contributed by atoms with E-state index in [2.05, 4.69) is 17.0 Å². The third-order valence-corrected chi connectivity index (χ3v) is 1.26. The van der Waals surface area contributed by atoms with E-state index in [4.69, 9.17) is 5.26 Å². The Labute approximate surface area is 62.8 Å². The largest absolute Gasteiger partial charge is 0.302 e. The van der Waals surface area contributed by atoms with Gasteiger partial charge in [0.2, 0.25) is 0 Å². The molecule has 0 aliphatic rings. The number of hydrogen-bond acceptors (Lipinski definition) is 2.